The van der Waals surface area contributed by atoms with E-state index in [1.165, 1.54) is 12.3 Å². The number of anilines is 1. The number of fused-ring (bicyclic) bond motifs is 1. The summed E-state index contributed by atoms with van der Waals surface area (Å²) in [7, 11) is -4.21. The fraction of sp³-hybridized carbons (Fsp3) is 0.556. The number of ether oxygens (including phenoxy) is 1. The summed E-state index contributed by atoms with van der Waals surface area (Å²) in [5.74, 6) is 0.0379. The minimum atomic E-state index is -4.21. The highest BCUT2D eigenvalue weighted by atomic mass is 31.2. The Morgan fingerprint density at radius 3 is 2.80 bits per heavy atom. The van der Waals surface area contributed by atoms with Crippen molar-refractivity contribution in [2.75, 3.05) is 12.3 Å². The van der Waals surface area contributed by atoms with Gasteiger partial charge in [0.15, 0.2) is 6.23 Å². The van der Waals surface area contributed by atoms with Gasteiger partial charge in [-0.05, 0) is 6.07 Å². The van der Waals surface area contributed by atoms with Gasteiger partial charge in [0, 0.05) is 6.20 Å². The summed E-state index contributed by atoms with van der Waals surface area (Å²) in [6.07, 6.45) is -2.51. The molecule has 3 heterocycles. The second kappa shape index (κ2) is 4.62. The first-order chi connectivity index (χ1) is 9.41. The highest BCUT2D eigenvalue weighted by Gasteiger charge is 2.57. The van der Waals surface area contributed by atoms with Gasteiger partial charge >= 0.3 is 13.5 Å². The average Bonchev–Trinajstić information content (AvgIpc) is 2.83. The van der Waals surface area contributed by atoms with Gasteiger partial charge in [-0.2, -0.15) is 4.98 Å². The Balaban J connectivity index is 1.98. The maximum atomic E-state index is 11.8. The number of aliphatic hydroxyl groups excluding tert-OH is 1. The van der Waals surface area contributed by atoms with E-state index in [1.54, 1.807) is 0 Å². The van der Waals surface area contributed by atoms with E-state index in [1.807, 2.05) is 0 Å². The van der Waals surface area contributed by atoms with Crippen LogP contribution in [0.15, 0.2) is 17.1 Å². The zero-order chi connectivity index (χ0) is 14.5. The van der Waals surface area contributed by atoms with Gasteiger partial charge in [0.05, 0.1) is 6.61 Å². The van der Waals surface area contributed by atoms with Crippen molar-refractivity contribution in [3.8, 4) is 0 Å². The molecule has 2 aliphatic heterocycles. The molecule has 0 aliphatic carbocycles. The van der Waals surface area contributed by atoms with Crippen molar-refractivity contribution in [1.29, 1.82) is 0 Å². The number of nitrogens with zero attached hydrogens (tertiary/aromatic N) is 2. The van der Waals surface area contributed by atoms with Crippen LogP contribution >= 0.6 is 7.82 Å². The quantitative estimate of drug-likeness (QED) is 0.561. The van der Waals surface area contributed by atoms with Crippen molar-refractivity contribution in [1.82, 2.24) is 9.55 Å². The number of aromatic nitrogens is 2. The molecule has 5 atom stereocenters. The largest absolute Gasteiger partial charge is 0.473 e. The first-order valence-corrected chi connectivity index (χ1v) is 7.21. The lowest BCUT2D eigenvalue weighted by atomic mass is 10.1. The van der Waals surface area contributed by atoms with Gasteiger partial charge in [-0.25, -0.2) is 9.36 Å². The molecule has 10 nitrogen and oxygen atoms in total. The molecule has 0 spiro atoms. The number of hydrogen-bond acceptors (Lipinski definition) is 8. The zero-order valence-electron chi connectivity index (χ0n) is 10.0. The van der Waals surface area contributed by atoms with Crippen molar-refractivity contribution in [3.63, 3.8) is 0 Å². The molecule has 0 amide bonds. The van der Waals surface area contributed by atoms with Gasteiger partial charge < -0.3 is 20.5 Å². The van der Waals surface area contributed by atoms with Gasteiger partial charge in [-0.3, -0.25) is 13.6 Å². The maximum Gasteiger partial charge on any atom is 0.473 e. The predicted octanol–water partition coefficient (Wildman–Crippen LogP) is -1.40. The molecule has 0 bridgehead atoms. The fourth-order valence-corrected chi connectivity index (χ4v) is 3.42. The van der Waals surface area contributed by atoms with E-state index in [0.29, 0.717) is 0 Å². The fourth-order valence-electron chi connectivity index (χ4n) is 2.27. The minimum absolute atomic E-state index is 0.0379. The predicted molar refractivity (Wildman–Crippen MR) is 63.5 cm³/mol. The van der Waals surface area contributed by atoms with Crippen LogP contribution in [0.25, 0.3) is 0 Å². The van der Waals surface area contributed by atoms with Crippen molar-refractivity contribution >= 4 is 13.6 Å². The topological polar surface area (TPSA) is 146 Å². The highest BCUT2D eigenvalue weighted by molar-refractivity contribution is 7.47. The van der Waals surface area contributed by atoms with Gasteiger partial charge in [-0.1, -0.05) is 0 Å². The molecule has 2 saturated heterocycles. The molecule has 110 valence electrons. The number of phosphoric ester groups is 1. The Morgan fingerprint density at radius 2 is 2.15 bits per heavy atom. The molecular weight excluding hydrogens is 293 g/mol. The minimum Gasteiger partial charge on any atom is -0.394 e. The number of rotatable bonds is 2. The second-order valence-corrected chi connectivity index (χ2v) is 5.76. The summed E-state index contributed by atoms with van der Waals surface area (Å²) in [6, 6.07) is 1.38. The molecule has 1 aromatic rings. The van der Waals surface area contributed by atoms with Crippen LogP contribution in [0.4, 0.5) is 5.82 Å². The molecule has 11 heteroatoms. The number of nitrogen functional groups attached to an aromatic ring is 1. The van der Waals surface area contributed by atoms with E-state index in [4.69, 9.17) is 19.5 Å². The van der Waals surface area contributed by atoms with Crippen LogP contribution in [0.5, 0.6) is 0 Å². The lowest BCUT2D eigenvalue weighted by molar-refractivity contribution is -0.0624. The van der Waals surface area contributed by atoms with Crippen LogP contribution in [0.1, 0.15) is 6.23 Å². The van der Waals surface area contributed by atoms with Crippen LogP contribution < -0.4 is 11.4 Å². The van der Waals surface area contributed by atoms with Crippen LogP contribution in [-0.2, 0) is 18.3 Å². The lowest BCUT2D eigenvalue weighted by Crippen LogP contribution is -2.34. The Kier molecular flexibility index (Phi) is 3.16. The molecule has 2 fully saturated rings. The SMILES string of the molecule is Nc1ccn([C@@H]2O[C@H](CO)[C@@H]3OP(=O)(O)O[C@@H]32)c(=O)n1. The van der Waals surface area contributed by atoms with Crippen LogP contribution in [0.2, 0.25) is 0 Å². The number of phosphoric acid groups is 1. The van der Waals surface area contributed by atoms with Gasteiger partial charge in [-0.15, -0.1) is 0 Å². The van der Waals surface area contributed by atoms with Gasteiger partial charge in [0.2, 0.25) is 0 Å². The molecule has 0 saturated carbocycles. The van der Waals surface area contributed by atoms with Crippen LogP contribution in [0.3, 0.4) is 0 Å². The van der Waals surface area contributed by atoms with Crippen LogP contribution in [-0.4, -0.2) is 44.5 Å². The molecule has 0 radical (unpaired) electrons. The van der Waals surface area contributed by atoms with E-state index in [9.17, 15) is 19.4 Å². The number of hydrogen-bond donors (Lipinski definition) is 3. The first-order valence-electron chi connectivity index (χ1n) is 5.72. The van der Waals surface area contributed by atoms with E-state index in [-0.39, 0.29) is 5.82 Å². The van der Waals surface area contributed by atoms with E-state index in [2.05, 4.69) is 4.98 Å². The molecule has 1 aromatic heterocycles. The zero-order valence-corrected chi connectivity index (χ0v) is 10.9. The molecule has 4 N–H and O–H groups in total. The lowest BCUT2D eigenvalue weighted by Gasteiger charge is -2.18. The average molecular weight is 305 g/mol. The number of nitrogens with two attached hydrogens (primary N) is 1. The molecule has 3 rings (SSSR count). The van der Waals surface area contributed by atoms with Gasteiger partial charge in [0.1, 0.15) is 24.1 Å². The summed E-state index contributed by atoms with van der Waals surface area (Å²) in [5, 5.41) is 9.21. The summed E-state index contributed by atoms with van der Waals surface area (Å²) in [4.78, 5) is 24.7. The third-order valence-corrected chi connectivity index (χ3v) is 4.12. The molecule has 2 aliphatic rings. The Bertz CT molecular complexity index is 634. The Morgan fingerprint density at radius 1 is 1.45 bits per heavy atom. The van der Waals surface area contributed by atoms with E-state index < -0.39 is 44.7 Å². The van der Waals surface area contributed by atoms with Crippen molar-refractivity contribution < 1.29 is 28.3 Å². The first kappa shape index (κ1) is 13.7. The van der Waals surface area contributed by atoms with Crippen LogP contribution in [0, 0.1) is 0 Å². The maximum absolute atomic E-state index is 11.8. The number of aliphatic hydroxyl groups is 1. The van der Waals surface area contributed by atoms with Crippen molar-refractivity contribution in [2.24, 2.45) is 0 Å². The Hall–Kier alpha value is -1.29. The summed E-state index contributed by atoms with van der Waals surface area (Å²) in [6.45, 7) is -0.446. The smallest absolute Gasteiger partial charge is 0.394 e. The summed E-state index contributed by atoms with van der Waals surface area (Å²) >= 11 is 0. The molecule has 0 aromatic carbocycles. The Labute approximate surface area is 112 Å². The summed E-state index contributed by atoms with van der Waals surface area (Å²) < 4.78 is 27.7. The highest BCUT2D eigenvalue weighted by Crippen LogP contribution is 2.58. The monoisotopic (exact) mass is 305 g/mol. The second-order valence-electron chi connectivity index (χ2n) is 4.40. The molecular formula is C9H12N3O7P. The van der Waals surface area contributed by atoms with E-state index >= 15 is 0 Å². The van der Waals surface area contributed by atoms with Gasteiger partial charge in [0.25, 0.3) is 0 Å². The summed E-state index contributed by atoms with van der Waals surface area (Å²) in [5.41, 5.74) is 4.69. The normalized spacial score (nSPS) is 39.9. The third-order valence-electron chi connectivity index (χ3n) is 3.10. The molecule has 20 heavy (non-hydrogen) atoms. The molecule has 1 unspecified atom stereocenters. The van der Waals surface area contributed by atoms with Crippen molar-refractivity contribution in [2.45, 2.75) is 24.5 Å². The standard InChI is InChI=1S/C9H12N3O7P/c10-5-1-2-12(9(14)11-5)8-7-6(4(3-13)17-8)18-20(15,16)19-7/h1-2,4,6-8,13H,3H2,(H,15,16)(H2,10,11,14)/t4-,6+,7+,8-/m1/s1. The third kappa shape index (κ3) is 2.16. The van der Waals surface area contributed by atoms with Crippen molar-refractivity contribution in [3.05, 3.63) is 22.7 Å². The van der Waals surface area contributed by atoms with E-state index in [0.717, 1.165) is 4.57 Å².